The van der Waals surface area contributed by atoms with Crippen LogP contribution >= 0.6 is 0 Å². The van der Waals surface area contributed by atoms with Crippen LogP contribution in [0, 0.1) is 0 Å². The molecule has 102 valence electrons. The van der Waals surface area contributed by atoms with Gasteiger partial charge in [0, 0.05) is 12.2 Å². The van der Waals surface area contributed by atoms with Crippen LogP contribution in [0.4, 0.5) is 0 Å². The van der Waals surface area contributed by atoms with E-state index in [1.807, 2.05) is 20.0 Å². The topological polar surface area (TPSA) is 34.2 Å². The Morgan fingerprint density at radius 1 is 1.28 bits per heavy atom. The van der Waals surface area contributed by atoms with Gasteiger partial charge in [-0.1, -0.05) is 26.7 Å². The summed E-state index contributed by atoms with van der Waals surface area (Å²) < 4.78 is 5.70. The lowest BCUT2D eigenvalue weighted by atomic mass is 10.0. The summed E-state index contributed by atoms with van der Waals surface area (Å²) in [4.78, 5) is 4.28. The molecule has 1 atom stereocenters. The van der Waals surface area contributed by atoms with E-state index in [9.17, 15) is 0 Å². The summed E-state index contributed by atoms with van der Waals surface area (Å²) in [5, 5.41) is 3.52. The van der Waals surface area contributed by atoms with Crippen molar-refractivity contribution in [3.63, 3.8) is 0 Å². The Kier molecular flexibility index (Phi) is 6.73. The molecule has 1 unspecified atom stereocenters. The van der Waals surface area contributed by atoms with Crippen LogP contribution in [0.25, 0.3) is 0 Å². The molecule has 18 heavy (non-hydrogen) atoms. The number of hydrogen-bond acceptors (Lipinski definition) is 3. The summed E-state index contributed by atoms with van der Waals surface area (Å²) in [7, 11) is 0. The maximum Gasteiger partial charge on any atom is 0.138 e. The van der Waals surface area contributed by atoms with Crippen LogP contribution in [0.3, 0.4) is 0 Å². The molecule has 0 aliphatic carbocycles. The normalized spacial score (nSPS) is 12.7. The minimum Gasteiger partial charge on any atom is -0.489 e. The second-order valence-corrected chi connectivity index (χ2v) is 4.87. The first kappa shape index (κ1) is 15.0. The zero-order valence-corrected chi connectivity index (χ0v) is 12.1. The van der Waals surface area contributed by atoms with Crippen molar-refractivity contribution >= 4 is 0 Å². The number of pyridine rings is 1. The summed E-state index contributed by atoms with van der Waals surface area (Å²) in [5.74, 6) is 0.863. The fourth-order valence-electron chi connectivity index (χ4n) is 2.00. The highest BCUT2D eigenvalue weighted by Crippen LogP contribution is 2.22. The van der Waals surface area contributed by atoms with Gasteiger partial charge in [0.15, 0.2) is 0 Å². The van der Waals surface area contributed by atoms with Crippen LogP contribution in [-0.4, -0.2) is 17.6 Å². The van der Waals surface area contributed by atoms with E-state index in [1.165, 1.54) is 18.4 Å². The molecule has 1 rings (SSSR count). The van der Waals surface area contributed by atoms with Gasteiger partial charge >= 0.3 is 0 Å². The van der Waals surface area contributed by atoms with E-state index in [2.05, 4.69) is 30.2 Å². The Morgan fingerprint density at radius 2 is 2.06 bits per heavy atom. The molecular formula is C15H26N2O. The number of hydrogen-bond donors (Lipinski definition) is 1. The fourth-order valence-corrected chi connectivity index (χ4v) is 2.00. The Balaban J connectivity index is 2.76. The predicted molar refractivity (Wildman–Crippen MR) is 75.9 cm³/mol. The van der Waals surface area contributed by atoms with Crippen LogP contribution in [0.2, 0.25) is 0 Å². The minimum atomic E-state index is 0.190. The lowest BCUT2D eigenvalue weighted by molar-refractivity contribution is 0.241. The van der Waals surface area contributed by atoms with E-state index in [0.29, 0.717) is 6.04 Å². The second-order valence-electron chi connectivity index (χ2n) is 4.87. The Labute approximate surface area is 111 Å². The third kappa shape index (κ3) is 5.05. The summed E-state index contributed by atoms with van der Waals surface area (Å²) in [6.45, 7) is 9.40. The van der Waals surface area contributed by atoms with Crippen molar-refractivity contribution in [1.82, 2.24) is 10.3 Å². The first-order valence-corrected chi connectivity index (χ1v) is 7.02. The molecule has 1 aromatic heterocycles. The van der Waals surface area contributed by atoms with Crippen molar-refractivity contribution in [3.8, 4) is 5.75 Å². The first-order valence-electron chi connectivity index (χ1n) is 7.02. The average Bonchev–Trinajstić information content (AvgIpc) is 2.34. The molecule has 0 spiro atoms. The van der Waals surface area contributed by atoms with Crippen LogP contribution in [-0.2, 0) is 0 Å². The smallest absolute Gasteiger partial charge is 0.138 e. The number of nitrogens with zero attached hydrogens (tertiary/aromatic N) is 1. The van der Waals surface area contributed by atoms with Crippen molar-refractivity contribution in [1.29, 1.82) is 0 Å². The van der Waals surface area contributed by atoms with E-state index in [1.54, 1.807) is 6.20 Å². The van der Waals surface area contributed by atoms with Crippen molar-refractivity contribution in [3.05, 3.63) is 24.0 Å². The highest BCUT2D eigenvalue weighted by Gasteiger charge is 2.11. The van der Waals surface area contributed by atoms with E-state index in [4.69, 9.17) is 4.74 Å². The number of unbranched alkanes of at least 4 members (excludes halogenated alkanes) is 1. The Morgan fingerprint density at radius 3 is 2.67 bits per heavy atom. The fraction of sp³-hybridized carbons (Fsp3) is 0.667. The molecule has 0 bridgehead atoms. The molecule has 0 aromatic carbocycles. The maximum absolute atomic E-state index is 5.70. The molecule has 1 heterocycles. The van der Waals surface area contributed by atoms with Gasteiger partial charge in [-0.05, 0) is 38.4 Å². The molecule has 1 aromatic rings. The van der Waals surface area contributed by atoms with Crippen LogP contribution in [0.15, 0.2) is 18.5 Å². The van der Waals surface area contributed by atoms with Gasteiger partial charge in [-0.3, -0.25) is 4.98 Å². The third-order valence-corrected chi connectivity index (χ3v) is 2.81. The number of rotatable bonds is 8. The summed E-state index contributed by atoms with van der Waals surface area (Å²) in [6, 6.07) is 2.49. The number of ether oxygens (including phenoxy) is 1. The maximum atomic E-state index is 5.70. The highest BCUT2D eigenvalue weighted by atomic mass is 16.5. The quantitative estimate of drug-likeness (QED) is 0.763. The molecule has 0 aliphatic heterocycles. The SMILES string of the molecule is CCCCC(NCC)c1cncc(OC(C)C)c1. The molecule has 3 nitrogen and oxygen atoms in total. The van der Waals surface area contributed by atoms with Crippen molar-refractivity contribution in [2.45, 2.75) is 59.1 Å². The number of aromatic nitrogens is 1. The number of nitrogens with one attached hydrogen (secondary N) is 1. The van der Waals surface area contributed by atoms with E-state index >= 15 is 0 Å². The average molecular weight is 250 g/mol. The van der Waals surface area contributed by atoms with E-state index in [0.717, 1.165) is 18.7 Å². The first-order chi connectivity index (χ1) is 8.67. The minimum absolute atomic E-state index is 0.190. The van der Waals surface area contributed by atoms with Gasteiger partial charge in [0.1, 0.15) is 5.75 Å². The molecule has 0 radical (unpaired) electrons. The molecule has 0 aliphatic rings. The van der Waals surface area contributed by atoms with Crippen LogP contribution in [0.1, 0.15) is 58.6 Å². The van der Waals surface area contributed by atoms with Gasteiger partial charge in [0.2, 0.25) is 0 Å². The van der Waals surface area contributed by atoms with Gasteiger partial charge in [-0.15, -0.1) is 0 Å². The van der Waals surface area contributed by atoms with Crippen molar-refractivity contribution in [2.75, 3.05) is 6.54 Å². The van der Waals surface area contributed by atoms with Gasteiger partial charge < -0.3 is 10.1 Å². The third-order valence-electron chi connectivity index (χ3n) is 2.81. The Bertz CT molecular complexity index is 339. The van der Waals surface area contributed by atoms with E-state index in [-0.39, 0.29) is 6.10 Å². The monoisotopic (exact) mass is 250 g/mol. The molecule has 0 amide bonds. The zero-order valence-electron chi connectivity index (χ0n) is 12.1. The van der Waals surface area contributed by atoms with E-state index < -0.39 is 0 Å². The molecule has 0 saturated carbocycles. The molecule has 0 saturated heterocycles. The molecular weight excluding hydrogens is 224 g/mol. The lowest BCUT2D eigenvalue weighted by Crippen LogP contribution is -2.21. The van der Waals surface area contributed by atoms with Gasteiger partial charge in [-0.25, -0.2) is 0 Å². The van der Waals surface area contributed by atoms with Crippen molar-refractivity contribution < 1.29 is 4.74 Å². The summed E-state index contributed by atoms with van der Waals surface area (Å²) >= 11 is 0. The predicted octanol–water partition coefficient (Wildman–Crippen LogP) is 3.71. The van der Waals surface area contributed by atoms with Crippen LogP contribution < -0.4 is 10.1 Å². The van der Waals surface area contributed by atoms with Gasteiger partial charge in [-0.2, -0.15) is 0 Å². The Hall–Kier alpha value is -1.09. The molecule has 0 fully saturated rings. The summed E-state index contributed by atoms with van der Waals surface area (Å²) in [6.07, 6.45) is 7.51. The highest BCUT2D eigenvalue weighted by molar-refractivity contribution is 5.26. The zero-order chi connectivity index (χ0) is 13.4. The van der Waals surface area contributed by atoms with Gasteiger partial charge in [0.25, 0.3) is 0 Å². The second kappa shape index (κ2) is 8.09. The molecule has 3 heteroatoms. The largest absolute Gasteiger partial charge is 0.489 e. The standard InChI is InChI=1S/C15H26N2O/c1-5-7-8-15(17-6-2)13-9-14(11-16-10-13)18-12(3)4/h9-12,15,17H,5-8H2,1-4H3. The summed E-state index contributed by atoms with van der Waals surface area (Å²) in [5.41, 5.74) is 1.23. The lowest BCUT2D eigenvalue weighted by Gasteiger charge is -2.19. The van der Waals surface area contributed by atoms with Gasteiger partial charge in [0.05, 0.1) is 12.3 Å². The van der Waals surface area contributed by atoms with Crippen LogP contribution in [0.5, 0.6) is 5.75 Å². The van der Waals surface area contributed by atoms with Crippen molar-refractivity contribution in [2.24, 2.45) is 0 Å². The molecule has 1 N–H and O–H groups in total.